The number of carbonyl (C=O) groups excluding carboxylic acids is 1. The number of hydrogen-bond donors (Lipinski definition) is 3. The van der Waals surface area contributed by atoms with Crippen molar-refractivity contribution < 1.29 is 9.90 Å². The van der Waals surface area contributed by atoms with Gasteiger partial charge in [0.05, 0.1) is 6.61 Å². The molecule has 4 N–H and O–H groups in total. The number of rotatable bonds is 5. The summed E-state index contributed by atoms with van der Waals surface area (Å²) in [5.74, 6) is -0.528. The lowest BCUT2D eigenvalue weighted by Gasteiger charge is -2.02. The van der Waals surface area contributed by atoms with Gasteiger partial charge in [-0.15, -0.1) is 0 Å². The molecule has 1 heterocycles. The zero-order valence-corrected chi connectivity index (χ0v) is 7.73. The first-order valence-corrected chi connectivity index (χ1v) is 4.30. The molecule has 0 aliphatic heterocycles. The first kappa shape index (κ1) is 10.6. The molecule has 0 atom stereocenters. The van der Waals surface area contributed by atoms with Crippen LogP contribution in [0.25, 0.3) is 0 Å². The summed E-state index contributed by atoms with van der Waals surface area (Å²) in [6.45, 7) is 1.26. The maximum atomic E-state index is 10.7. The molecular formula is C9H13N3O2. The molecule has 5 heteroatoms. The van der Waals surface area contributed by atoms with Crippen molar-refractivity contribution in [3.63, 3.8) is 0 Å². The minimum atomic E-state index is -0.528. The van der Waals surface area contributed by atoms with Crippen LogP contribution in [0.4, 0.5) is 0 Å². The summed E-state index contributed by atoms with van der Waals surface area (Å²) >= 11 is 0. The van der Waals surface area contributed by atoms with Gasteiger partial charge in [0.2, 0.25) is 0 Å². The van der Waals surface area contributed by atoms with Gasteiger partial charge in [0, 0.05) is 19.3 Å². The van der Waals surface area contributed by atoms with E-state index in [1.165, 1.54) is 0 Å². The Morgan fingerprint density at radius 2 is 2.36 bits per heavy atom. The molecule has 76 valence electrons. The molecule has 1 amide bonds. The number of aromatic nitrogens is 1. The number of nitrogens with one attached hydrogen (secondary N) is 1. The molecule has 1 rings (SSSR count). The molecule has 1 aromatic rings. The summed E-state index contributed by atoms with van der Waals surface area (Å²) in [6.07, 6.45) is 1.59. The van der Waals surface area contributed by atoms with E-state index < -0.39 is 5.91 Å². The van der Waals surface area contributed by atoms with E-state index in [-0.39, 0.29) is 12.3 Å². The summed E-state index contributed by atoms with van der Waals surface area (Å²) < 4.78 is 0. The molecule has 0 aliphatic rings. The van der Waals surface area contributed by atoms with E-state index in [0.717, 1.165) is 5.56 Å². The quantitative estimate of drug-likeness (QED) is 0.540. The van der Waals surface area contributed by atoms with E-state index >= 15 is 0 Å². The molecule has 0 saturated heterocycles. The minimum Gasteiger partial charge on any atom is -0.395 e. The van der Waals surface area contributed by atoms with Crippen molar-refractivity contribution in [1.82, 2.24) is 10.3 Å². The molecule has 0 unspecified atom stereocenters. The first-order valence-electron chi connectivity index (χ1n) is 4.30. The number of nitrogens with zero attached hydrogens (tertiary/aromatic N) is 1. The summed E-state index contributed by atoms with van der Waals surface area (Å²) in [5, 5.41) is 11.5. The second-order valence-corrected chi connectivity index (χ2v) is 2.82. The average molecular weight is 195 g/mol. The average Bonchev–Trinajstić information content (AvgIpc) is 2.19. The van der Waals surface area contributed by atoms with Gasteiger partial charge in [0.25, 0.3) is 5.91 Å². The highest BCUT2D eigenvalue weighted by atomic mass is 16.3. The summed E-state index contributed by atoms with van der Waals surface area (Å²) in [5.41, 5.74) is 6.24. The lowest BCUT2D eigenvalue weighted by Crippen LogP contribution is -2.18. The smallest absolute Gasteiger partial charge is 0.267 e. The third-order valence-corrected chi connectivity index (χ3v) is 1.69. The predicted molar refractivity (Wildman–Crippen MR) is 51.5 cm³/mol. The zero-order chi connectivity index (χ0) is 10.4. The SMILES string of the molecule is NC(=O)c1ccc(CNCCO)cn1. The Balaban J connectivity index is 2.51. The molecule has 1 aromatic heterocycles. The molecule has 14 heavy (non-hydrogen) atoms. The number of carbonyl (C=O) groups is 1. The summed E-state index contributed by atoms with van der Waals surface area (Å²) in [4.78, 5) is 14.6. The van der Waals surface area contributed by atoms with Crippen LogP contribution in [0.1, 0.15) is 16.1 Å². The van der Waals surface area contributed by atoms with Gasteiger partial charge < -0.3 is 16.2 Å². The second kappa shape index (κ2) is 5.31. The van der Waals surface area contributed by atoms with Crippen LogP contribution in [0.2, 0.25) is 0 Å². The fourth-order valence-corrected chi connectivity index (χ4v) is 0.987. The standard InChI is InChI=1S/C9H13N3O2/c10-9(14)8-2-1-7(6-12-8)5-11-3-4-13/h1-2,6,11,13H,3-5H2,(H2,10,14). The van der Waals surface area contributed by atoms with E-state index in [9.17, 15) is 4.79 Å². The van der Waals surface area contributed by atoms with Gasteiger partial charge in [-0.3, -0.25) is 9.78 Å². The number of aliphatic hydroxyl groups is 1. The second-order valence-electron chi connectivity index (χ2n) is 2.82. The van der Waals surface area contributed by atoms with Crippen LogP contribution in [-0.4, -0.2) is 29.1 Å². The van der Waals surface area contributed by atoms with Crippen molar-refractivity contribution in [1.29, 1.82) is 0 Å². The molecule has 0 fully saturated rings. The van der Waals surface area contributed by atoms with Gasteiger partial charge in [-0.25, -0.2) is 0 Å². The summed E-state index contributed by atoms with van der Waals surface area (Å²) in [7, 11) is 0. The molecule has 0 aromatic carbocycles. The van der Waals surface area contributed by atoms with E-state index in [2.05, 4.69) is 10.3 Å². The fraction of sp³-hybridized carbons (Fsp3) is 0.333. The van der Waals surface area contributed by atoms with Crippen LogP contribution in [0.3, 0.4) is 0 Å². The molecule has 0 aliphatic carbocycles. The zero-order valence-electron chi connectivity index (χ0n) is 7.73. The molecule has 0 bridgehead atoms. The first-order chi connectivity index (χ1) is 6.74. The fourth-order valence-electron chi connectivity index (χ4n) is 0.987. The maximum Gasteiger partial charge on any atom is 0.267 e. The Kier molecular flexibility index (Phi) is 4.03. The Labute approximate surface area is 82.0 Å². The molecular weight excluding hydrogens is 182 g/mol. The topological polar surface area (TPSA) is 88.2 Å². The lowest BCUT2D eigenvalue weighted by atomic mass is 10.2. The third kappa shape index (κ3) is 3.12. The maximum absolute atomic E-state index is 10.7. The van der Waals surface area contributed by atoms with Crippen molar-refractivity contribution in [2.75, 3.05) is 13.2 Å². The third-order valence-electron chi connectivity index (χ3n) is 1.69. The highest BCUT2D eigenvalue weighted by molar-refractivity contribution is 5.90. The van der Waals surface area contributed by atoms with Gasteiger partial charge in [-0.05, 0) is 11.6 Å². The Morgan fingerprint density at radius 3 is 2.86 bits per heavy atom. The van der Waals surface area contributed by atoms with Crippen LogP contribution in [0, 0.1) is 0 Å². The van der Waals surface area contributed by atoms with Crippen molar-refractivity contribution in [3.05, 3.63) is 29.6 Å². The normalized spacial score (nSPS) is 10.1. The van der Waals surface area contributed by atoms with Crippen molar-refractivity contribution >= 4 is 5.91 Å². The largest absolute Gasteiger partial charge is 0.395 e. The molecule has 0 saturated carbocycles. The van der Waals surface area contributed by atoms with Crippen molar-refractivity contribution in [2.45, 2.75) is 6.54 Å². The Hall–Kier alpha value is -1.46. The summed E-state index contributed by atoms with van der Waals surface area (Å²) in [6, 6.07) is 3.36. The Bertz CT molecular complexity index is 297. The lowest BCUT2D eigenvalue weighted by molar-refractivity contribution is 0.0995. The van der Waals surface area contributed by atoms with Crippen molar-refractivity contribution in [2.24, 2.45) is 5.73 Å². The van der Waals surface area contributed by atoms with Gasteiger partial charge in [0.1, 0.15) is 5.69 Å². The van der Waals surface area contributed by atoms with E-state index in [4.69, 9.17) is 10.8 Å². The number of nitrogens with two attached hydrogens (primary N) is 1. The molecule has 5 nitrogen and oxygen atoms in total. The van der Waals surface area contributed by atoms with Crippen LogP contribution in [0.15, 0.2) is 18.3 Å². The predicted octanol–water partition coefficient (Wildman–Crippen LogP) is -0.738. The monoisotopic (exact) mass is 195 g/mol. The van der Waals surface area contributed by atoms with Gasteiger partial charge >= 0.3 is 0 Å². The van der Waals surface area contributed by atoms with E-state index in [1.54, 1.807) is 18.3 Å². The van der Waals surface area contributed by atoms with E-state index in [0.29, 0.717) is 13.1 Å². The molecule has 0 spiro atoms. The highest BCUT2D eigenvalue weighted by Gasteiger charge is 2.00. The Morgan fingerprint density at radius 1 is 1.57 bits per heavy atom. The number of amides is 1. The van der Waals surface area contributed by atoms with Crippen molar-refractivity contribution in [3.8, 4) is 0 Å². The highest BCUT2D eigenvalue weighted by Crippen LogP contribution is 1.98. The number of aliphatic hydroxyl groups excluding tert-OH is 1. The number of primary amides is 1. The van der Waals surface area contributed by atoms with E-state index in [1.807, 2.05) is 0 Å². The van der Waals surface area contributed by atoms with Gasteiger partial charge in [0.15, 0.2) is 0 Å². The van der Waals surface area contributed by atoms with Crippen LogP contribution >= 0.6 is 0 Å². The molecule has 0 radical (unpaired) electrons. The van der Waals surface area contributed by atoms with Crippen LogP contribution in [0.5, 0.6) is 0 Å². The van der Waals surface area contributed by atoms with Crippen LogP contribution in [-0.2, 0) is 6.54 Å². The van der Waals surface area contributed by atoms with Gasteiger partial charge in [-0.2, -0.15) is 0 Å². The number of pyridine rings is 1. The number of hydrogen-bond acceptors (Lipinski definition) is 4. The minimum absolute atomic E-state index is 0.104. The van der Waals surface area contributed by atoms with Gasteiger partial charge in [-0.1, -0.05) is 6.07 Å². The van der Waals surface area contributed by atoms with Crippen LogP contribution < -0.4 is 11.1 Å².